The number of hydrogen-bond acceptors (Lipinski definition) is 10. The smallest absolute Gasteiger partial charge is 0.261 e. The molecule has 0 radical (unpaired) electrons. The first-order valence-corrected chi connectivity index (χ1v) is 18.9. The number of fused-ring (bicyclic) bond motifs is 2. The Morgan fingerprint density at radius 1 is 0.982 bits per heavy atom. The van der Waals surface area contributed by atoms with Gasteiger partial charge < -0.3 is 25.2 Å². The minimum Gasteiger partial charge on any atom is -0.491 e. The summed E-state index contributed by atoms with van der Waals surface area (Å²) in [5.74, 6) is -1.01. The van der Waals surface area contributed by atoms with E-state index in [1.165, 1.54) is 18.3 Å². The lowest BCUT2D eigenvalue weighted by Crippen LogP contribution is -2.53. The Balaban J connectivity index is 0.789. The number of carbonyl (C=O) groups excluding carboxylic acids is 4. The first-order chi connectivity index (χ1) is 26.7. The van der Waals surface area contributed by atoms with Crippen LogP contribution in [0.15, 0.2) is 61.2 Å². The molecule has 0 spiro atoms. The SMILES string of the molecule is O=C1CCC(NC(=O)c2ccc(N3CC(CN4CCC(n5cc6cc(NC(=O)c7cnn8cccnc78)c(OCC7CC7)cc6n5)CC4)C3)cc2F)C(=O)N1. The van der Waals surface area contributed by atoms with Gasteiger partial charge in [0.25, 0.3) is 11.8 Å². The second-order valence-corrected chi connectivity index (χ2v) is 15.1. The van der Waals surface area contributed by atoms with Crippen molar-refractivity contribution >= 4 is 51.6 Å². The Bertz CT molecular complexity index is 2310. The number of likely N-dealkylation sites (tertiary alicyclic amines) is 1. The predicted octanol–water partition coefficient (Wildman–Crippen LogP) is 3.57. The lowest BCUT2D eigenvalue weighted by atomic mass is 9.96. The average Bonchev–Trinajstić information content (AvgIpc) is 3.74. The summed E-state index contributed by atoms with van der Waals surface area (Å²) in [7, 11) is 0. The summed E-state index contributed by atoms with van der Waals surface area (Å²) in [5.41, 5.74) is 2.85. The number of hydrogen-bond donors (Lipinski definition) is 3. The van der Waals surface area contributed by atoms with Crippen LogP contribution in [0.5, 0.6) is 5.75 Å². The molecular weight excluding hydrogens is 707 g/mol. The van der Waals surface area contributed by atoms with E-state index < -0.39 is 23.7 Å². The van der Waals surface area contributed by atoms with Crippen molar-refractivity contribution in [2.45, 2.75) is 50.6 Å². The van der Waals surface area contributed by atoms with Gasteiger partial charge in [0.05, 0.1) is 35.6 Å². The molecule has 0 bridgehead atoms. The van der Waals surface area contributed by atoms with E-state index in [2.05, 4.69) is 46.7 Å². The van der Waals surface area contributed by atoms with Crippen LogP contribution in [0.3, 0.4) is 0 Å². The van der Waals surface area contributed by atoms with Gasteiger partial charge in [-0.25, -0.2) is 13.9 Å². The number of nitrogens with one attached hydrogen (secondary N) is 3. The number of aromatic nitrogens is 5. The average molecular weight is 749 g/mol. The van der Waals surface area contributed by atoms with E-state index in [9.17, 15) is 19.2 Å². The molecule has 3 aliphatic heterocycles. The summed E-state index contributed by atoms with van der Waals surface area (Å²) in [4.78, 5) is 58.4. The highest BCUT2D eigenvalue weighted by Crippen LogP contribution is 2.36. The highest BCUT2D eigenvalue weighted by molar-refractivity contribution is 6.09. The zero-order chi connectivity index (χ0) is 37.6. The normalized spacial score (nSPS) is 19.7. The number of anilines is 2. The molecule has 4 amide bonds. The minimum atomic E-state index is -0.864. The summed E-state index contributed by atoms with van der Waals surface area (Å²) in [6.45, 7) is 5.02. The van der Waals surface area contributed by atoms with E-state index in [-0.39, 0.29) is 36.3 Å². The molecule has 6 heterocycles. The number of benzene rings is 2. The number of ether oxygens (including phenoxy) is 1. The monoisotopic (exact) mass is 748 g/mol. The quantitative estimate of drug-likeness (QED) is 0.170. The minimum absolute atomic E-state index is 0.126. The summed E-state index contributed by atoms with van der Waals surface area (Å²) < 4.78 is 24.9. The van der Waals surface area contributed by atoms with Gasteiger partial charge in [0.1, 0.15) is 23.2 Å². The lowest BCUT2D eigenvalue weighted by molar-refractivity contribution is -0.134. The Hall–Kier alpha value is -5.90. The van der Waals surface area contributed by atoms with Crippen LogP contribution in [0.1, 0.15) is 65.3 Å². The van der Waals surface area contributed by atoms with Crippen LogP contribution in [0.4, 0.5) is 15.8 Å². The molecule has 3 saturated heterocycles. The van der Waals surface area contributed by atoms with Gasteiger partial charge in [-0.2, -0.15) is 10.2 Å². The molecular formula is C39H41FN10O5. The Kier molecular flexibility index (Phi) is 9.12. The Morgan fingerprint density at radius 3 is 2.60 bits per heavy atom. The van der Waals surface area contributed by atoms with Crippen molar-refractivity contribution in [2.24, 2.45) is 11.8 Å². The summed E-state index contributed by atoms with van der Waals surface area (Å²) >= 11 is 0. The van der Waals surface area contributed by atoms with E-state index in [4.69, 9.17) is 9.84 Å². The molecule has 1 atom stereocenters. The van der Waals surface area contributed by atoms with Gasteiger partial charge in [-0.05, 0) is 68.4 Å². The first kappa shape index (κ1) is 34.8. The van der Waals surface area contributed by atoms with Crippen molar-refractivity contribution in [3.8, 4) is 5.75 Å². The number of rotatable bonds is 11. The second kappa shape index (κ2) is 14.4. The van der Waals surface area contributed by atoms with Gasteiger partial charge in [-0.1, -0.05) is 0 Å². The van der Waals surface area contributed by atoms with Crippen molar-refractivity contribution in [1.29, 1.82) is 0 Å². The highest BCUT2D eigenvalue weighted by Gasteiger charge is 2.33. The zero-order valence-electron chi connectivity index (χ0n) is 30.1. The van der Waals surface area contributed by atoms with Gasteiger partial charge in [-0.3, -0.25) is 29.2 Å². The molecule has 9 rings (SSSR count). The van der Waals surface area contributed by atoms with Crippen LogP contribution < -0.4 is 25.6 Å². The summed E-state index contributed by atoms with van der Waals surface area (Å²) in [6, 6.07) is 9.55. The fraction of sp³-hybridized carbons (Fsp3) is 0.410. The number of imide groups is 1. The number of nitrogens with zero attached hydrogens (tertiary/aromatic N) is 7. The summed E-state index contributed by atoms with van der Waals surface area (Å²) in [6.07, 6.45) is 11.5. The molecule has 2 aromatic carbocycles. The van der Waals surface area contributed by atoms with Crippen LogP contribution in [-0.4, -0.2) is 98.3 Å². The van der Waals surface area contributed by atoms with Crippen LogP contribution >= 0.6 is 0 Å². The second-order valence-electron chi connectivity index (χ2n) is 15.1. The molecule has 1 saturated carbocycles. The van der Waals surface area contributed by atoms with E-state index in [1.807, 2.05) is 12.1 Å². The number of amides is 4. The van der Waals surface area contributed by atoms with E-state index in [1.54, 1.807) is 29.0 Å². The fourth-order valence-electron chi connectivity index (χ4n) is 7.72. The zero-order valence-corrected chi connectivity index (χ0v) is 30.1. The fourth-order valence-corrected chi connectivity index (χ4v) is 7.72. The number of halogens is 1. The van der Waals surface area contributed by atoms with Gasteiger partial charge >= 0.3 is 0 Å². The van der Waals surface area contributed by atoms with E-state index in [0.717, 1.165) is 69.3 Å². The lowest BCUT2D eigenvalue weighted by Gasteiger charge is -2.44. The standard InChI is InChI=1S/C39H41FN10O5/c40-30-15-27(4-5-28(30)37(52)43-31-6-7-35(51)45-39(31)54)48-19-24(20-48)18-47-12-8-26(9-13-47)50-21-25-14-33(34(16-32(25)46-50)55-22-23-2-3-23)44-38(53)29-17-42-49-11-1-10-41-36(29)49/h1,4-5,10-11,14-17,21,23-24,26,31H,2-3,6-9,12-13,18-20,22H2,(H,43,52)(H,44,53)(H,45,51,54). The van der Waals surface area contributed by atoms with Crippen LogP contribution in [0, 0.1) is 17.7 Å². The van der Waals surface area contributed by atoms with Crippen molar-refractivity contribution < 1.29 is 28.3 Å². The third kappa shape index (κ3) is 7.33. The molecule has 1 aliphatic carbocycles. The van der Waals surface area contributed by atoms with Crippen LogP contribution in [0.2, 0.25) is 0 Å². The molecule has 3 N–H and O–H groups in total. The topological polar surface area (TPSA) is 168 Å². The van der Waals surface area contributed by atoms with Gasteiger partial charge in [0.2, 0.25) is 11.8 Å². The van der Waals surface area contributed by atoms with Crippen LogP contribution in [0.25, 0.3) is 16.6 Å². The number of piperidine rings is 2. The molecule has 15 nitrogen and oxygen atoms in total. The van der Waals surface area contributed by atoms with Gasteiger partial charge in [0.15, 0.2) is 5.65 Å². The molecule has 4 aliphatic rings. The molecule has 3 aromatic heterocycles. The maximum atomic E-state index is 15.0. The van der Waals surface area contributed by atoms with Gasteiger partial charge in [0, 0.05) is 80.8 Å². The largest absolute Gasteiger partial charge is 0.491 e. The number of carbonyl (C=O) groups is 4. The Morgan fingerprint density at radius 2 is 1.82 bits per heavy atom. The molecule has 16 heteroatoms. The van der Waals surface area contributed by atoms with Gasteiger partial charge in [-0.15, -0.1) is 0 Å². The molecule has 284 valence electrons. The summed E-state index contributed by atoms with van der Waals surface area (Å²) in [5, 5.41) is 17.9. The predicted molar refractivity (Wildman–Crippen MR) is 199 cm³/mol. The van der Waals surface area contributed by atoms with Crippen molar-refractivity contribution in [2.75, 3.05) is 49.5 Å². The molecule has 1 unspecified atom stereocenters. The van der Waals surface area contributed by atoms with Crippen LogP contribution in [-0.2, 0) is 9.59 Å². The first-order valence-electron chi connectivity index (χ1n) is 18.9. The Labute approximate surface area is 315 Å². The van der Waals surface area contributed by atoms with Crippen molar-refractivity contribution in [1.82, 2.24) is 39.9 Å². The molecule has 4 fully saturated rings. The van der Waals surface area contributed by atoms with E-state index >= 15 is 4.39 Å². The molecule has 5 aromatic rings. The van der Waals surface area contributed by atoms with E-state index in [0.29, 0.717) is 46.8 Å². The van der Waals surface area contributed by atoms with Crippen molar-refractivity contribution in [3.63, 3.8) is 0 Å². The third-order valence-corrected chi connectivity index (χ3v) is 11.1. The third-order valence-electron chi connectivity index (χ3n) is 11.1. The molecule has 55 heavy (non-hydrogen) atoms. The van der Waals surface area contributed by atoms with Crippen molar-refractivity contribution in [3.05, 3.63) is 78.1 Å². The highest BCUT2D eigenvalue weighted by atomic mass is 19.1. The maximum absolute atomic E-state index is 15.0. The maximum Gasteiger partial charge on any atom is 0.261 e.